The van der Waals surface area contributed by atoms with E-state index >= 15 is 0 Å². The summed E-state index contributed by atoms with van der Waals surface area (Å²) < 4.78 is 5.14. The summed E-state index contributed by atoms with van der Waals surface area (Å²) in [6.45, 7) is 3.65. The Morgan fingerprint density at radius 1 is 1.53 bits per heavy atom. The molecule has 0 spiro atoms. The van der Waals surface area contributed by atoms with Crippen LogP contribution in [0, 0.1) is 0 Å². The molecule has 0 aromatic carbocycles. The molecule has 0 aliphatic carbocycles. The number of hydrogen-bond donors (Lipinski definition) is 0. The Balaban J connectivity index is 1.95. The predicted molar refractivity (Wildman–Crippen MR) is 62.4 cm³/mol. The Morgan fingerprint density at radius 3 is 3.18 bits per heavy atom. The van der Waals surface area contributed by atoms with Crippen LogP contribution in [0.2, 0.25) is 0 Å². The number of likely N-dealkylation sites (tertiary alicyclic amines) is 1. The molecule has 1 atom stereocenters. The molecule has 5 heteroatoms. The standard InChI is InChI=1S/C12H19N3O2/c1-2-5-12-13-11(14-17-12)8-15-7-4-3-6-10(15)9-16/h9-10H,2-8H2,1H3. The summed E-state index contributed by atoms with van der Waals surface area (Å²) in [7, 11) is 0. The SMILES string of the molecule is CCCc1nc(CN2CCCCC2C=O)no1. The first-order chi connectivity index (χ1) is 8.33. The fourth-order valence-corrected chi connectivity index (χ4v) is 2.22. The summed E-state index contributed by atoms with van der Waals surface area (Å²) in [5.74, 6) is 1.39. The number of piperidine rings is 1. The van der Waals surface area contributed by atoms with Crippen LogP contribution in [0.15, 0.2) is 4.52 Å². The first kappa shape index (κ1) is 12.2. The molecule has 5 nitrogen and oxygen atoms in total. The van der Waals surface area contributed by atoms with E-state index in [0.29, 0.717) is 18.3 Å². The van der Waals surface area contributed by atoms with E-state index in [0.717, 1.165) is 44.9 Å². The Bertz CT molecular complexity index is 364. The Hall–Kier alpha value is -1.23. The molecule has 0 amide bonds. The molecule has 94 valence electrons. The molecule has 0 radical (unpaired) electrons. The van der Waals surface area contributed by atoms with Crippen molar-refractivity contribution in [3.05, 3.63) is 11.7 Å². The van der Waals surface area contributed by atoms with Crippen molar-refractivity contribution >= 4 is 6.29 Å². The van der Waals surface area contributed by atoms with Crippen LogP contribution in [0.4, 0.5) is 0 Å². The van der Waals surface area contributed by atoms with Crippen molar-refractivity contribution < 1.29 is 9.32 Å². The van der Waals surface area contributed by atoms with Crippen molar-refractivity contribution in [2.45, 2.75) is 51.6 Å². The zero-order chi connectivity index (χ0) is 12.1. The van der Waals surface area contributed by atoms with E-state index in [1.165, 1.54) is 0 Å². The lowest BCUT2D eigenvalue weighted by Gasteiger charge is -2.30. The molecule has 0 bridgehead atoms. The largest absolute Gasteiger partial charge is 0.339 e. The van der Waals surface area contributed by atoms with Crippen molar-refractivity contribution in [2.24, 2.45) is 0 Å². The van der Waals surface area contributed by atoms with Gasteiger partial charge >= 0.3 is 0 Å². The number of carbonyl (C=O) groups is 1. The van der Waals surface area contributed by atoms with E-state index in [4.69, 9.17) is 4.52 Å². The van der Waals surface area contributed by atoms with Crippen LogP contribution in [0.3, 0.4) is 0 Å². The van der Waals surface area contributed by atoms with Crippen LogP contribution in [0.25, 0.3) is 0 Å². The van der Waals surface area contributed by atoms with Gasteiger partial charge in [-0.25, -0.2) is 0 Å². The van der Waals surface area contributed by atoms with Gasteiger partial charge in [0.1, 0.15) is 6.29 Å². The highest BCUT2D eigenvalue weighted by molar-refractivity contribution is 5.57. The minimum Gasteiger partial charge on any atom is -0.339 e. The lowest BCUT2D eigenvalue weighted by Crippen LogP contribution is -2.40. The zero-order valence-electron chi connectivity index (χ0n) is 10.3. The number of nitrogens with zero attached hydrogens (tertiary/aromatic N) is 3. The molecule has 1 aliphatic rings. The highest BCUT2D eigenvalue weighted by Crippen LogP contribution is 2.17. The average Bonchev–Trinajstić information content (AvgIpc) is 2.78. The number of carbonyl (C=O) groups excluding carboxylic acids is 1. The number of aldehydes is 1. The van der Waals surface area contributed by atoms with Gasteiger partial charge in [0.05, 0.1) is 12.6 Å². The molecule has 2 rings (SSSR count). The van der Waals surface area contributed by atoms with E-state index < -0.39 is 0 Å². The topological polar surface area (TPSA) is 59.2 Å². The molecule has 0 N–H and O–H groups in total. The summed E-state index contributed by atoms with van der Waals surface area (Å²) in [5.41, 5.74) is 0. The first-order valence-electron chi connectivity index (χ1n) is 6.34. The van der Waals surface area contributed by atoms with E-state index in [-0.39, 0.29) is 6.04 Å². The minimum absolute atomic E-state index is 0.0249. The van der Waals surface area contributed by atoms with Crippen LogP contribution in [0.5, 0.6) is 0 Å². The van der Waals surface area contributed by atoms with Gasteiger partial charge in [-0.3, -0.25) is 4.90 Å². The van der Waals surface area contributed by atoms with E-state index in [1.807, 2.05) is 0 Å². The van der Waals surface area contributed by atoms with Gasteiger partial charge in [0, 0.05) is 6.42 Å². The van der Waals surface area contributed by atoms with Crippen molar-refractivity contribution in [3.63, 3.8) is 0 Å². The molecule has 0 saturated carbocycles. The lowest BCUT2D eigenvalue weighted by molar-refractivity contribution is -0.113. The van der Waals surface area contributed by atoms with Crippen molar-refractivity contribution in [3.8, 4) is 0 Å². The molecule has 1 unspecified atom stereocenters. The summed E-state index contributed by atoms with van der Waals surface area (Å²) in [5, 5.41) is 3.95. The molecule has 1 saturated heterocycles. The van der Waals surface area contributed by atoms with Crippen molar-refractivity contribution in [1.29, 1.82) is 0 Å². The molecule has 1 fully saturated rings. The van der Waals surface area contributed by atoms with Gasteiger partial charge in [-0.05, 0) is 25.8 Å². The zero-order valence-corrected chi connectivity index (χ0v) is 10.3. The third-order valence-electron chi connectivity index (χ3n) is 3.14. The summed E-state index contributed by atoms with van der Waals surface area (Å²) >= 11 is 0. The fourth-order valence-electron chi connectivity index (χ4n) is 2.22. The van der Waals surface area contributed by atoms with Crippen LogP contribution >= 0.6 is 0 Å². The molecule has 1 aromatic heterocycles. The third kappa shape index (κ3) is 3.12. The van der Waals surface area contributed by atoms with Crippen LogP contribution < -0.4 is 0 Å². The average molecular weight is 237 g/mol. The maximum atomic E-state index is 11.0. The second kappa shape index (κ2) is 5.91. The van der Waals surface area contributed by atoms with Gasteiger partial charge in [-0.15, -0.1) is 0 Å². The Kier molecular flexibility index (Phi) is 4.25. The quantitative estimate of drug-likeness (QED) is 0.728. The monoisotopic (exact) mass is 237 g/mol. The molecule has 1 aromatic rings. The van der Waals surface area contributed by atoms with Crippen LogP contribution in [-0.4, -0.2) is 33.9 Å². The van der Waals surface area contributed by atoms with E-state index in [1.54, 1.807) is 0 Å². The van der Waals surface area contributed by atoms with Crippen LogP contribution in [0.1, 0.15) is 44.3 Å². The molecular weight excluding hydrogens is 218 g/mol. The molecule has 17 heavy (non-hydrogen) atoms. The maximum absolute atomic E-state index is 11.0. The van der Waals surface area contributed by atoms with Crippen LogP contribution in [-0.2, 0) is 17.8 Å². The van der Waals surface area contributed by atoms with Crippen molar-refractivity contribution in [2.75, 3.05) is 6.54 Å². The molecule has 2 heterocycles. The minimum atomic E-state index is 0.0249. The lowest BCUT2D eigenvalue weighted by atomic mass is 10.0. The molecule has 1 aliphatic heterocycles. The number of aromatic nitrogens is 2. The third-order valence-corrected chi connectivity index (χ3v) is 3.14. The van der Waals surface area contributed by atoms with Gasteiger partial charge < -0.3 is 9.32 Å². The second-order valence-corrected chi connectivity index (χ2v) is 4.52. The smallest absolute Gasteiger partial charge is 0.226 e. The van der Waals surface area contributed by atoms with Crippen molar-refractivity contribution in [1.82, 2.24) is 15.0 Å². The van der Waals surface area contributed by atoms with E-state index in [9.17, 15) is 4.79 Å². The summed E-state index contributed by atoms with van der Waals surface area (Å²) in [6, 6.07) is 0.0249. The van der Waals surface area contributed by atoms with E-state index in [2.05, 4.69) is 22.0 Å². The fraction of sp³-hybridized carbons (Fsp3) is 0.750. The predicted octanol–water partition coefficient (Wildman–Crippen LogP) is 1.58. The number of aryl methyl sites for hydroxylation is 1. The Labute approximate surface area is 101 Å². The summed E-state index contributed by atoms with van der Waals surface area (Å²) in [4.78, 5) is 17.4. The van der Waals surface area contributed by atoms with Gasteiger partial charge in [0.2, 0.25) is 5.89 Å². The number of hydrogen-bond acceptors (Lipinski definition) is 5. The highest BCUT2D eigenvalue weighted by Gasteiger charge is 2.23. The maximum Gasteiger partial charge on any atom is 0.226 e. The number of rotatable bonds is 5. The first-order valence-corrected chi connectivity index (χ1v) is 6.34. The van der Waals surface area contributed by atoms with Gasteiger partial charge in [-0.2, -0.15) is 4.98 Å². The van der Waals surface area contributed by atoms with Gasteiger partial charge in [0.15, 0.2) is 5.82 Å². The second-order valence-electron chi connectivity index (χ2n) is 4.52. The molecular formula is C12H19N3O2. The van der Waals surface area contributed by atoms with Gasteiger partial charge in [0.25, 0.3) is 0 Å². The Morgan fingerprint density at radius 2 is 2.41 bits per heavy atom. The normalized spacial score (nSPS) is 21.6. The highest BCUT2D eigenvalue weighted by atomic mass is 16.5. The summed E-state index contributed by atoms with van der Waals surface area (Å²) in [6.07, 6.45) is 6.08. The van der Waals surface area contributed by atoms with Gasteiger partial charge in [-0.1, -0.05) is 18.5 Å².